The summed E-state index contributed by atoms with van der Waals surface area (Å²) in [5.74, 6) is 2.20. The van der Waals surface area contributed by atoms with Crippen LogP contribution in [-0.4, -0.2) is 0 Å². The Kier molecular flexibility index (Phi) is 19.8. The van der Waals surface area contributed by atoms with Gasteiger partial charge in [-0.3, -0.25) is 0 Å². The van der Waals surface area contributed by atoms with Crippen LogP contribution in [0.15, 0.2) is 128 Å². The number of nitrogens with zero attached hydrogens (tertiary/aromatic N) is 3. The first-order chi connectivity index (χ1) is 51.5. The Bertz CT molecular complexity index is 4960. The van der Waals surface area contributed by atoms with E-state index in [2.05, 4.69) is 266 Å². The molecule has 0 bridgehead atoms. The molecule has 0 radical (unpaired) electrons. The molecule has 3 spiro atoms. The number of fused-ring (bicyclic) bond motifs is 9. The van der Waals surface area contributed by atoms with E-state index in [0.29, 0.717) is 38.4 Å². The first-order valence-corrected chi connectivity index (χ1v) is 43.1. The number of hydrogen-bond acceptors (Lipinski definition) is 0. The third-order valence-corrected chi connectivity index (χ3v) is 31.5. The van der Waals surface area contributed by atoms with Crippen molar-refractivity contribution in [3.05, 3.63) is 228 Å². The summed E-state index contributed by atoms with van der Waals surface area (Å²) in [6.07, 6.45) is 44.2. The number of aryl methyl sites for hydroxylation is 12. The highest BCUT2D eigenvalue weighted by atomic mass is 14.9. The number of aromatic nitrogens is 3. The molecule has 0 aliphatic heterocycles. The van der Waals surface area contributed by atoms with Crippen molar-refractivity contribution in [2.45, 2.75) is 295 Å². The van der Waals surface area contributed by atoms with Crippen LogP contribution in [0.4, 0.5) is 0 Å². The smallest absolute Gasteiger partial charge is 0.201 e. The van der Waals surface area contributed by atoms with E-state index in [0.717, 1.165) is 31.1 Å². The Morgan fingerprint density at radius 3 is 1.04 bits per heavy atom. The van der Waals surface area contributed by atoms with Crippen LogP contribution < -0.4 is 13.7 Å². The van der Waals surface area contributed by atoms with Gasteiger partial charge in [0.15, 0.2) is 18.6 Å². The second kappa shape index (κ2) is 28.5. The molecule has 0 amide bonds. The van der Waals surface area contributed by atoms with E-state index in [4.69, 9.17) is 0 Å². The molecule has 108 heavy (non-hydrogen) atoms. The third-order valence-electron chi connectivity index (χ3n) is 31.5. The van der Waals surface area contributed by atoms with Crippen LogP contribution in [-0.2, 0) is 40.4 Å². The van der Waals surface area contributed by atoms with Gasteiger partial charge in [-0.2, -0.15) is 0 Å². The van der Waals surface area contributed by atoms with Gasteiger partial charge < -0.3 is 0 Å². The second-order valence-electron chi connectivity index (χ2n) is 40.3. The third kappa shape index (κ3) is 14.2. The molecule has 3 heteroatoms. The molecule has 0 N–H and O–H groups in total. The van der Waals surface area contributed by atoms with Crippen molar-refractivity contribution in [2.24, 2.45) is 53.6 Å². The lowest BCUT2D eigenvalue weighted by molar-refractivity contribution is -0.660. The molecular weight excluding hydrogens is 1300 g/mol. The highest BCUT2D eigenvalue weighted by molar-refractivity contribution is 5.89. The summed E-state index contributed by atoms with van der Waals surface area (Å²) in [5.41, 5.74) is 47.3. The Labute approximate surface area is 653 Å². The zero-order valence-electron chi connectivity index (χ0n) is 70.3. The summed E-state index contributed by atoms with van der Waals surface area (Å²) in [5, 5.41) is 0. The van der Waals surface area contributed by atoms with E-state index in [1.807, 2.05) is 0 Å². The minimum Gasteiger partial charge on any atom is -0.201 e. The molecule has 3 aromatic heterocycles. The van der Waals surface area contributed by atoms with Crippen molar-refractivity contribution in [3.8, 4) is 67.2 Å². The molecule has 0 atom stereocenters. The molecule has 0 unspecified atom stereocenters. The quantitative estimate of drug-likeness (QED) is 0.147. The van der Waals surface area contributed by atoms with E-state index in [9.17, 15) is 0 Å². The molecule has 6 aromatic carbocycles. The predicted octanol–water partition coefficient (Wildman–Crippen LogP) is 26.8. The molecule has 564 valence electrons. The lowest BCUT2D eigenvalue weighted by atomic mass is 9.58. The largest absolute Gasteiger partial charge is 0.213 e. The summed E-state index contributed by atoms with van der Waals surface area (Å²) in [4.78, 5) is 0. The van der Waals surface area contributed by atoms with Crippen LogP contribution >= 0.6 is 0 Å². The molecule has 18 rings (SSSR count). The molecule has 3 heterocycles. The highest BCUT2D eigenvalue weighted by Gasteiger charge is 2.45. The first kappa shape index (κ1) is 74.8. The van der Waals surface area contributed by atoms with Crippen molar-refractivity contribution < 1.29 is 13.7 Å². The predicted molar refractivity (Wildman–Crippen MR) is 454 cm³/mol. The van der Waals surface area contributed by atoms with Crippen molar-refractivity contribution in [1.82, 2.24) is 0 Å². The van der Waals surface area contributed by atoms with Crippen LogP contribution in [0.1, 0.15) is 314 Å². The van der Waals surface area contributed by atoms with Crippen LogP contribution in [0.25, 0.3) is 67.2 Å². The maximum Gasteiger partial charge on any atom is 0.213 e. The van der Waals surface area contributed by atoms with Crippen LogP contribution in [0, 0.1) is 94.8 Å². The Morgan fingerprint density at radius 1 is 0.269 bits per heavy atom. The molecule has 9 aliphatic rings. The first-order valence-electron chi connectivity index (χ1n) is 43.1. The molecule has 9 aliphatic carbocycles. The minimum absolute atomic E-state index is 0.564. The summed E-state index contributed by atoms with van der Waals surface area (Å²) in [7, 11) is 6.60. The average molecular weight is 1440 g/mol. The summed E-state index contributed by atoms with van der Waals surface area (Å²) in [6, 6.07) is 43.6. The fourth-order valence-corrected chi connectivity index (χ4v) is 23.1. The van der Waals surface area contributed by atoms with Gasteiger partial charge in [-0.1, -0.05) is 133 Å². The van der Waals surface area contributed by atoms with Gasteiger partial charge in [0.1, 0.15) is 21.1 Å². The van der Waals surface area contributed by atoms with Crippen molar-refractivity contribution in [3.63, 3.8) is 0 Å². The zero-order chi connectivity index (χ0) is 75.7. The lowest BCUT2D eigenvalue weighted by Crippen LogP contribution is -2.34. The van der Waals surface area contributed by atoms with Crippen LogP contribution in [0.5, 0.6) is 0 Å². The fourth-order valence-electron chi connectivity index (χ4n) is 23.1. The summed E-state index contributed by atoms with van der Waals surface area (Å²) in [6.45, 7) is 35.0. The van der Waals surface area contributed by atoms with Gasteiger partial charge in [0.2, 0.25) is 17.1 Å². The van der Waals surface area contributed by atoms with Gasteiger partial charge in [-0.15, -0.1) is 0 Å². The van der Waals surface area contributed by atoms with Crippen molar-refractivity contribution >= 4 is 0 Å². The summed E-state index contributed by atoms with van der Waals surface area (Å²) >= 11 is 0. The Balaban J connectivity index is 0.000000124. The van der Waals surface area contributed by atoms with E-state index in [1.54, 1.807) is 33.4 Å². The molecule has 9 aromatic rings. The topological polar surface area (TPSA) is 11.6 Å². The Morgan fingerprint density at radius 2 is 0.611 bits per heavy atom. The van der Waals surface area contributed by atoms with Crippen LogP contribution in [0.3, 0.4) is 0 Å². The van der Waals surface area contributed by atoms with Gasteiger partial charge in [-0.25, -0.2) is 13.7 Å². The SMILES string of the molecule is Cc1cc(-c2c(C)ccc3c2Cc2cc(C4CCC5(CC4)CCC(C)(C)CC5)ccc2-3)[n+](C)cc1C.Cc1cc(-c2c(C)ccc3c2Cc2ccc(C4CCC5(CC4)CCC(C)(C)CC5)cc2-3)[n+](C)cc1C.Cc1cc(-c2c(C)ccc3c2Cc2cccc(C4CCC5(CC4)CCC(C)(C)CC5)c2-3)[n+](C)cc1C. The van der Waals surface area contributed by atoms with E-state index in [-0.39, 0.29) is 0 Å². The molecule has 6 fully saturated rings. The number of rotatable bonds is 6. The van der Waals surface area contributed by atoms with Crippen LogP contribution in [0.2, 0.25) is 0 Å². The van der Waals surface area contributed by atoms with Gasteiger partial charge in [0.25, 0.3) is 0 Å². The number of hydrogen-bond donors (Lipinski definition) is 0. The monoisotopic (exact) mass is 1440 g/mol. The maximum absolute atomic E-state index is 2.58. The second-order valence-corrected chi connectivity index (χ2v) is 40.3. The molecule has 0 saturated heterocycles. The zero-order valence-corrected chi connectivity index (χ0v) is 70.3. The molecule has 3 nitrogen and oxygen atoms in total. The standard InChI is InChI=1S/3C35H44N/c1-23-7-10-29-30-20-27(26-11-13-35(14-12-26)17-15-34(4,5)16-18-35)8-9-28(30)21-31(29)33(23)32-19-24(2)25(3)22-36(32)6;1-23-7-9-30-29-10-8-27(26-11-13-35(14-12-26)17-15-34(4,5)16-18-35)20-28(29)21-31(30)33(23)32-19-24(2)25(3)22-36(32)6;1-23-10-11-29-30(32(23)31-20-24(2)25(3)22-36(31)6)21-27-8-7-9-28(33(27)29)26-12-14-35(15-13-26)18-16-34(4,5)17-19-35/h2*7-10,19-20,22,26H,11-18,21H2,1-6H3;7-11,20,22,26H,12-19,21H2,1-6H3/q3*+1. The van der Waals surface area contributed by atoms with Crippen molar-refractivity contribution in [2.75, 3.05) is 0 Å². The van der Waals surface area contributed by atoms with Crippen molar-refractivity contribution in [1.29, 1.82) is 0 Å². The molecular formula is C105H132N3+3. The van der Waals surface area contributed by atoms with E-state index >= 15 is 0 Å². The maximum atomic E-state index is 2.58. The summed E-state index contributed by atoms with van der Waals surface area (Å²) < 4.78 is 6.98. The Hall–Kier alpha value is -7.23. The van der Waals surface area contributed by atoms with E-state index < -0.39 is 0 Å². The van der Waals surface area contributed by atoms with Gasteiger partial charge in [0, 0.05) is 34.9 Å². The lowest BCUT2D eigenvalue weighted by Gasteiger charge is -2.47. The van der Waals surface area contributed by atoms with Gasteiger partial charge >= 0.3 is 0 Å². The average Bonchev–Trinajstić information content (AvgIpc) is 1.60. The minimum atomic E-state index is 0.564. The van der Waals surface area contributed by atoms with E-state index in [1.165, 1.54) is 288 Å². The van der Waals surface area contributed by atoms with Gasteiger partial charge in [-0.05, 0) is 403 Å². The number of benzene rings is 6. The highest BCUT2D eigenvalue weighted by Crippen LogP contribution is 2.60. The van der Waals surface area contributed by atoms with Gasteiger partial charge in [0.05, 0.1) is 16.7 Å². The molecule has 6 saturated carbocycles. The fraction of sp³-hybridized carbons (Fsp3) is 0.514. The normalized spacial score (nSPS) is 20.4. The number of pyridine rings is 3.